The summed E-state index contributed by atoms with van der Waals surface area (Å²) in [7, 11) is 0. The lowest BCUT2D eigenvalue weighted by Gasteiger charge is -2.23. The van der Waals surface area contributed by atoms with Gasteiger partial charge in [0.1, 0.15) is 12.1 Å². The zero-order valence-electron chi connectivity index (χ0n) is 12.3. The highest BCUT2D eigenvalue weighted by atomic mass is 16.5. The first-order valence-corrected chi connectivity index (χ1v) is 6.77. The van der Waals surface area contributed by atoms with Crippen molar-refractivity contribution in [2.24, 2.45) is 11.8 Å². The zero-order chi connectivity index (χ0) is 15.3. The molecule has 6 heteroatoms. The highest BCUT2D eigenvalue weighted by Crippen LogP contribution is 2.06. The zero-order valence-corrected chi connectivity index (χ0v) is 12.3. The van der Waals surface area contributed by atoms with Crippen molar-refractivity contribution in [1.82, 2.24) is 10.6 Å². The molecule has 0 bridgehead atoms. The Morgan fingerprint density at radius 2 is 1.85 bits per heavy atom. The predicted octanol–water partition coefficient (Wildman–Crippen LogP) is 0.381. The van der Waals surface area contributed by atoms with E-state index in [0.29, 0.717) is 0 Å². The summed E-state index contributed by atoms with van der Waals surface area (Å²) in [6.45, 7) is 7.23. The van der Waals surface area contributed by atoms with Crippen molar-refractivity contribution in [3.8, 4) is 0 Å². The SMILES string of the molecule is CC(C)[C@@H]1NC(=O)/C=C/[C@@H](C)COC(=O)[C@H](C)NC1=O. The van der Waals surface area contributed by atoms with Gasteiger partial charge in [0.25, 0.3) is 0 Å². The van der Waals surface area contributed by atoms with Gasteiger partial charge in [-0.2, -0.15) is 0 Å². The second-order valence-corrected chi connectivity index (χ2v) is 5.43. The number of rotatable bonds is 1. The summed E-state index contributed by atoms with van der Waals surface area (Å²) in [6.07, 6.45) is 3.02. The number of hydrogen-bond acceptors (Lipinski definition) is 4. The third-order valence-corrected chi connectivity index (χ3v) is 3.02. The van der Waals surface area contributed by atoms with E-state index in [1.807, 2.05) is 20.8 Å². The van der Waals surface area contributed by atoms with Crippen molar-refractivity contribution >= 4 is 17.8 Å². The van der Waals surface area contributed by atoms with Crippen LogP contribution in [0, 0.1) is 11.8 Å². The highest BCUT2D eigenvalue weighted by Gasteiger charge is 2.27. The molecule has 0 fully saturated rings. The molecule has 0 aromatic heterocycles. The molecular formula is C14H22N2O4. The van der Waals surface area contributed by atoms with Crippen molar-refractivity contribution in [2.45, 2.75) is 39.8 Å². The molecule has 1 aliphatic rings. The number of cyclic esters (lactones) is 1. The maximum atomic E-state index is 12.1. The minimum Gasteiger partial charge on any atom is -0.464 e. The molecule has 6 nitrogen and oxygen atoms in total. The summed E-state index contributed by atoms with van der Waals surface area (Å²) >= 11 is 0. The highest BCUT2D eigenvalue weighted by molar-refractivity contribution is 5.94. The fraction of sp³-hybridized carbons (Fsp3) is 0.643. The van der Waals surface area contributed by atoms with Crippen LogP contribution in [0.15, 0.2) is 12.2 Å². The summed E-state index contributed by atoms with van der Waals surface area (Å²) < 4.78 is 5.08. The molecule has 1 rings (SSSR count). The average molecular weight is 282 g/mol. The van der Waals surface area contributed by atoms with Crippen molar-refractivity contribution in [3.63, 3.8) is 0 Å². The molecule has 0 aromatic rings. The Hall–Kier alpha value is -1.85. The molecule has 1 heterocycles. The molecule has 0 aromatic carbocycles. The average Bonchev–Trinajstić information content (AvgIpc) is 2.37. The number of carbonyl (C=O) groups is 3. The molecular weight excluding hydrogens is 260 g/mol. The fourth-order valence-corrected chi connectivity index (χ4v) is 1.74. The van der Waals surface area contributed by atoms with Gasteiger partial charge in [0.2, 0.25) is 11.8 Å². The molecule has 0 saturated heterocycles. The number of carbonyl (C=O) groups excluding carboxylic acids is 3. The van der Waals surface area contributed by atoms with E-state index in [9.17, 15) is 14.4 Å². The van der Waals surface area contributed by atoms with E-state index in [1.165, 1.54) is 6.08 Å². The van der Waals surface area contributed by atoms with Crippen LogP contribution in [0.5, 0.6) is 0 Å². The van der Waals surface area contributed by atoms with Crippen LogP contribution in [0.4, 0.5) is 0 Å². The van der Waals surface area contributed by atoms with Gasteiger partial charge in [-0.1, -0.05) is 26.8 Å². The van der Waals surface area contributed by atoms with Crippen LogP contribution in [-0.4, -0.2) is 36.5 Å². The van der Waals surface area contributed by atoms with Crippen molar-refractivity contribution in [2.75, 3.05) is 6.61 Å². The minimum absolute atomic E-state index is 0.0653. The van der Waals surface area contributed by atoms with E-state index in [4.69, 9.17) is 4.74 Å². The molecule has 2 amide bonds. The number of hydrogen-bond donors (Lipinski definition) is 2. The molecule has 20 heavy (non-hydrogen) atoms. The Morgan fingerprint density at radius 1 is 1.20 bits per heavy atom. The first-order chi connectivity index (χ1) is 9.31. The summed E-state index contributed by atoms with van der Waals surface area (Å²) in [4.78, 5) is 35.6. The molecule has 3 atom stereocenters. The van der Waals surface area contributed by atoms with Crippen molar-refractivity contribution < 1.29 is 19.1 Å². The number of amides is 2. The van der Waals surface area contributed by atoms with E-state index in [2.05, 4.69) is 10.6 Å². The first-order valence-electron chi connectivity index (χ1n) is 6.77. The Kier molecular flexibility index (Phi) is 5.73. The Bertz CT molecular complexity index is 417. The monoisotopic (exact) mass is 282 g/mol. The number of nitrogens with one attached hydrogen (secondary N) is 2. The van der Waals surface area contributed by atoms with Gasteiger partial charge in [0, 0.05) is 5.92 Å². The van der Waals surface area contributed by atoms with Crippen molar-refractivity contribution in [3.05, 3.63) is 12.2 Å². The summed E-state index contributed by atoms with van der Waals surface area (Å²) in [5, 5.41) is 5.21. The number of esters is 1. The quantitative estimate of drug-likeness (QED) is 0.681. The van der Waals surface area contributed by atoms with Gasteiger partial charge in [-0.3, -0.25) is 9.59 Å². The lowest BCUT2D eigenvalue weighted by Crippen LogP contribution is -2.53. The van der Waals surface area contributed by atoms with Gasteiger partial charge < -0.3 is 15.4 Å². The molecule has 0 spiro atoms. The third kappa shape index (κ3) is 4.68. The normalized spacial score (nSPS) is 30.6. The van der Waals surface area contributed by atoms with Crippen LogP contribution in [-0.2, 0) is 19.1 Å². The Balaban J connectivity index is 2.94. The van der Waals surface area contributed by atoms with Gasteiger partial charge in [0.15, 0.2) is 0 Å². The van der Waals surface area contributed by atoms with Crippen molar-refractivity contribution in [1.29, 1.82) is 0 Å². The van der Waals surface area contributed by atoms with Crippen LogP contribution in [0.1, 0.15) is 27.7 Å². The van der Waals surface area contributed by atoms with E-state index in [-0.39, 0.29) is 30.3 Å². The van der Waals surface area contributed by atoms with Crippen LogP contribution < -0.4 is 10.6 Å². The van der Waals surface area contributed by atoms with Gasteiger partial charge in [-0.25, -0.2) is 4.79 Å². The Morgan fingerprint density at radius 3 is 2.45 bits per heavy atom. The largest absolute Gasteiger partial charge is 0.464 e. The molecule has 0 unspecified atom stereocenters. The molecule has 0 aliphatic carbocycles. The predicted molar refractivity (Wildman–Crippen MR) is 73.6 cm³/mol. The summed E-state index contributed by atoms with van der Waals surface area (Å²) in [5.74, 6) is -1.35. The molecule has 0 saturated carbocycles. The minimum atomic E-state index is -0.740. The van der Waals surface area contributed by atoms with E-state index >= 15 is 0 Å². The van der Waals surface area contributed by atoms with E-state index in [1.54, 1.807) is 13.0 Å². The van der Waals surface area contributed by atoms with Gasteiger partial charge in [-0.05, 0) is 18.9 Å². The number of ether oxygens (including phenoxy) is 1. The second-order valence-electron chi connectivity index (χ2n) is 5.43. The Labute approximate surface area is 118 Å². The fourth-order valence-electron chi connectivity index (χ4n) is 1.74. The maximum Gasteiger partial charge on any atom is 0.328 e. The third-order valence-electron chi connectivity index (χ3n) is 3.02. The lowest BCUT2D eigenvalue weighted by molar-refractivity contribution is -0.148. The van der Waals surface area contributed by atoms with Gasteiger partial charge >= 0.3 is 5.97 Å². The second kappa shape index (κ2) is 7.07. The first kappa shape index (κ1) is 16.2. The van der Waals surface area contributed by atoms with E-state index in [0.717, 1.165) is 0 Å². The standard InChI is InChI=1S/C14H22N2O4/c1-8(2)12-13(18)15-10(4)14(19)20-7-9(3)5-6-11(17)16-12/h5-6,8-10,12H,7H2,1-4H3,(H,15,18)(H,16,17)/b6-5+/t9-,10+,12+/m1/s1. The van der Waals surface area contributed by atoms with Crippen LogP contribution >= 0.6 is 0 Å². The summed E-state index contributed by atoms with van der Waals surface area (Å²) in [5.41, 5.74) is 0. The van der Waals surface area contributed by atoms with E-state index < -0.39 is 18.1 Å². The maximum absolute atomic E-state index is 12.1. The summed E-state index contributed by atoms with van der Waals surface area (Å²) in [6, 6.07) is -1.42. The molecule has 1 aliphatic heterocycles. The topological polar surface area (TPSA) is 84.5 Å². The molecule has 0 radical (unpaired) electrons. The smallest absolute Gasteiger partial charge is 0.328 e. The lowest BCUT2D eigenvalue weighted by atomic mass is 10.0. The van der Waals surface area contributed by atoms with Crippen LogP contribution in [0.3, 0.4) is 0 Å². The van der Waals surface area contributed by atoms with Crippen LogP contribution in [0.2, 0.25) is 0 Å². The van der Waals surface area contributed by atoms with Gasteiger partial charge in [-0.15, -0.1) is 0 Å². The molecule has 2 N–H and O–H groups in total. The molecule has 112 valence electrons. The van der Waals surface area contributed by atoms with Crippen LogP contribution in [0.25, 0.3) is 0 Å². The van der Waals surface area contributed by atoms with Gasteiger partial charge in [0.05, 0.1) is 6.61 Å².